The summed E-state index contributed by atoms with van der Waals surface area (Å²) in [6, 6.07) is 3.28. The lowest BCUT2D eigenvalue weighted by Gasteiger charge is -2.14. The van der Waals surface area contributed by atoms with E-state index in [1.54, 1.807) is 18.2 Å². The van der Waals surface area contributed by atoms with Gasteiger partial charge in [0.15, 0.2) is 0 Å². The van der Waals surface area contributed by atoms with Crippen molar-refractivity contribution in [2.45, 2.75) is 6.42 Å². The summed E-state index contributed by atoms with van der Waals surface area (Å²) in [5, 5.41) is 0. The molecule has 1 aromatic rings. The Balaban J connectivity index is 2.27. The van der Waals surface area contributed by atoms with Crippen LogP contribution in [0.1, 0.15) is 6.42 Å². The number of halogens is 2. The van der Waals surface area contributed by atoms with Crippen LogP contribution in [0.2, 0.25) is 0 Å². The zero-order valence-corrected chi connectivity index (χ0v) is 10.6. The van der Waals surface area contributed by atoms with Crippen molar-refractivity contribution in [3.63, 3.8) is 0 Å². The normalized spacial score (nSPS) is 20.2. The minimum atomic E-state index is -0.534. The van der Waals surface area contributed by atoms with E-state index in [1.807, 2.05) is 22.6 Å². The van der Waals surface area contributed by atoms with Crippen LogP contribution in [0.3, 0.4) is 0 Å². The third kappa shape index (κ3) is 2.09. The van der Waals surface area contributed by atoms with E-state index < -0.39 is 5.95 Å². The molecule has 1 fully saturated rings. The lowest BCUT2D eigenvalue weighted by Crippen LogP contribution is -2.25. The smallest absolute Gasteiger partial charge is 0.228 e. The van der Waals surface area contributed by atoms with Gasteiger partial charge in [-0.15, -0.1) is 6.58 Å². The van der Waals surface area contributed by atoms with Crippen LogP contribution >= 0.6 is 22.6 Å². The van der Waals surface area contributed by atoms with E-state index in [4.69, 9.17) is 0 Å². The average Bonchev–Trinajstić information content (AvgIpc) is 2.64. The van der Waals surface area contributed by atoms with Crippen LogP contribution < -0.4 is 4.90 Å². The molecule has 0 aromatic carbocycles. The molecule has 1 amide bonds. The summed E-state index contributed by atoms with van der Waals surface area (Å²) in [5.41, 5.74) is 0. The fourth-order valence-electron chi connectivity index (χ4n) is 1.67. The van der Waals surface area contributed by atoms with E-state index >= 15 is 0 Å². The van der Waals surface area contributed by atoms with Crippen molar-refractivity contribution in [2.24, 2.45) is 5.92 Å². The van der Waals surface area contributed by atoms with Crippen molar-refractivity contribution in [1.82, 2.24) is 4.98 Å². The number of carbonyl (C=O) groups is 1. The highest BCUT2D eigenvalue weighted by Crippen LogP contribution is 2.24. The summed E-state index contributed by atoms with van der Waals surface area (Å²) in [5.74, 6) is -0.0464. The number of pyridine rings is 1. The van der Waals surface area contributed by atoms with Crippen LogP contribution in [-0.4, -0.2) is 17.4 Å². The highest BCUT2D eigenvalue weighted by atomic mass is 127. The van der Waals surface area contributed by atoms with Crippen molar-refractivity contribution in [1.29, 1.82) is 0 Å². The van der Waals surface area contributed by atoms with Crippen molar-refractivity contribution in [3.05, 3.63) is 34.3 Å². The molecule has 1 saturated heterocycles. The molecule has 2 heterocycles. The van der Waals surface area contributed by atoms with Crippen LogP contribution in [0.15, 0.2) is 24.8 Å². The maximum atomic E-state index is 13.3. The molecular weight excluding hydrogens is 322 g/mol. The van der Waals surface area contributed by atoms with Gasteiger partial charge >= 0.3 is 0 Å². The number of hydrogen-bond donors (Lipinski definition) is 0. The molecule has 0 saturated carbocycles. The Bertz CT molecular complexity index is 450. The maximum Gasteiger partial charge on any atom is 0.228 e. The molecule has 0 spiro atoms. The molecule has 3 nitrogen and oxygen atoms in total. The Labute approximate surface area is 106 Å². The van der Waals surface area contributed by atoms with Crippen LogP contribution in [-0.2, 0) is 4.79 Å². The van der Waals surface area contributed by atoms with E-state index in [2.05, 4.69) is 11.6 Å². The quantitative estimate of drug-likeness (QED) is 0.473. The molecule has 0 aliphatic carbocycles. The highest BCUT2D eigenvalue weighted by Gasteiger charge is 2.29. The second kappa shape index (κ2) is 4.48. The van der Waals surface area contributed by atoms with Gasteiger partial charge in [0, 0.05) is 18.9 Å². The fraction of sp³-hybridized carbons (Fsp3) is 0.273. The first-order valence-electron chi connectivity index (χ1n) is 4.87. The first-order valence-corrected chi connectivity index (χ1v) is 5.94. The van der Waals surface area contributed by atoms with Crippen LogP contribution in [0.4, 0.5) is 10.2 Å². The van der Waals surface area contributed by atoms with E-state index in [-0.39, 0.29) is 11.8 Å². The van der Waals surface area contributed by atoms with Crippen LogP contribution in [0.25, 0.3) is 0 Å². The van der Waals surface area contributed by atoms with Crippen LogP contribution in [0, 0.1) is 15.4 Å². The Hall–Kier alpha value is -0.980. The van der Waals surface area contributed by atoms with Crippen LogP contribution in [0.5, 0.6) is 0 Å². The molecular formula is C11H10FIN2O. The SMILES string of the molecule is C=CC1CC(=O)N(c2ccc(I)c(F)n2)C1. The zero-order valence-electron chi connectivity index (χ0n) is 8.49. The maximum absolute atomic E-state index is 13.3. The number of nitrogens with zero attached hydrogens (tertiary/aromatic N) is 2. The molecule has 84 valence electrons. The monoisotopic (exact) mass is 332 g/mol. The fourth-order valence-corrected chi connectivity index (χ4v) is 1.97. The van der Waals surface area contributed by atoms with Gasteiger partial charge in [-0.05, 0) is 34.7 Å². The predicted octanol–water partition coefficient (Wildman–Crippen LogP) is 2.36. The summed E-state index contributed by atoms with van der Waals surface area (Å²) < 4.78 is 13.7. The second-order valence-electron chi connectivity index (χ2n) is 3.65. The summed E-state index contributed by atoms with van der Waals surface area (Å²) >= 11 is 1.86. The lowest BCUT2D eigenvalue weighted by molar-refractivity contribution is -0.117. The third-order valence-corrected chi connectivity index (χ3v) is 3.36. The molecule has 16 heavy (non-hydrogen) atoms. The first kappa shape index (κ1) is 11.5. The number of anilines is 1. The molecule has 0 N–H and O–H groups in total. The summed E-state index contributed by atoms with van der Waals surface area (Å²) in [4.78, 5) is 16.9. The van der Waals surface area contributed by atoms with Crippen molar-refractivity contribution >= 4 is 34.3 Å². The molecule has 0 bridgehead atoms. The van der Waals surface area contributed by atoms with E-state index in [1.165, 1.54) is 4.90 Å². The van der Waals surface area contributed by atoms with E-state index in [0.717, 1.165) is 0 Å². The number of carbonyl (C=O) groups excluding carboxylic acids is 1. The molecule has 5 heteroatoms. The zero-order chi connectivity index (χ0) is 11.7. The summed E-state index contributed by atoms with van der Waals surface area (Å²) in [6.45, 7) is 4.20. The molecule has 2 rings (SSSR count). The molecule has 0 radical (unpaired) electrons. The van der Waals surface area contributed by atoms with Crippen molar-refractivity contribution < 1.29 is 9.18 Å². The van der Waals surface area contributed by atoms with Gasteiger partial charge in [0.25, 0.3) is 0 Å². The molecule has 1 aromatic heterocycles. The summed E-state index contributed by atoms with van der Waals surface area (Å²) in [6.07, 6.45) is 2.18. The number of rotatable bonds is 2. The summed E-state index contributed by atoms with van der Waals surface area (Å²) in [7, 11) is 0. The second-order valence-corrected chi connectivity index (χ2v) is 4.81. The largest absolute Gasteiger partial charge is 0.296 e. The average molecular weight is 332 g/mol. The third-order valence-electron chi connectivity index (χ3n) is 2.55. The Morgan fingerprint density at radius 3 is 2.94 bits per heavy atom. The molecule has 1 aliphatic rings. The minimum absolute atomic E-state index is 0.0296. The number of hydrogen-bond acceptors (Lipinski definition) is 2. The van der Waals surface area contributed by atoms with Crippen molar-refractivity contribution in [2.75, 3.05) is 11.4 Å². The van der Waals surface area contributed by atoms with Crippen molar-refractivity contribution in [3.8, 4) is 0 Å². The van der Waals surface area contributed by atoms with Gasteiger partial charge in [0.1, 0.15) is 5.82 Å². The van der Waals surface area contributed by atoms with Gasteiger partial charge < -0.3 is 0 Å². The standard InChI is InChI=1S/C11H10FIN2O/c1-2-7-5-10(16)15(6-7)9-4-3-8(13)11(12)14-9/h2-4,7H,1,5-6H2. The molecule has 1 unspecified atom stereocenters. The number of amides is 1. The molecule has 1 aliphatic heterocycles. The molecule has 1 atom stereocenters. The lowest BCUT2D eigenvalue weighted by atomic mass is 10.1. The number of aromatic nitrogens is 1. The van der Waals surface area contributed by atoms with Gasteiger partial charge in [0.2, 0.25) is 11.9 Å². The minimum Gasteiger partial charge on any atom is -0.296 e. The Morgan fingerprint density at radius 2 is 2.38 bits per heavy atom. The highest BCUT2D eigenvalue weighted by molar-refractivity contribution is 14.1. The first-order chi connectivity index (χ1) is 7.61. The Kier molecular flexibility index (Phi) is 3.22. The predicted molar refractivity (Wildman–Crippen MR) is 67.6 cm³/mol. The van der Waals surface area contributed by atoms with Gasteiger partial charge in [-0.2, -0.15) is 4.39 Å². The topological polar surface area (TPSA) is 33.2 Å². The Morgan fingerprint density at radius 1 is 1.62 bits per heavy atom. The van der Waals surface area contributed by atoms with E-state index in [9.17, 15) is 9.18 Å². The van der Waals surface area contributed by atoms with Gasteiger partial charge in [0.05, 0.1) is 3.57 Å². The van der Waals surface area contributed by atoms with E-state index in [0.29, 0.717) is 22.4 Å². The van der Waals surface area contributed by atoms with Gasteiger partial charge in [-0.25, -0.2) is 4.98 Å². The van der Waals surface area contributed by atoms with Gasteiger partial charge in [-0.1, -0.05) is 6.08 Å². The van der Waals surface area contributed by atoms with Gasteiger partial charge in [-0.3, -0.25) is 9.69 Å².